The van der Waals surface area contributed by atoms with Gasteiger partial charge >= 0.3 is 0 Å². The van der Waals surface area contributed by atoms with Gasteiger partial charge in [-0.2, -0.15) is 0 Å². The van der Waals surface area contributed by atoms with E-state index in [0.29, 0.717) is 5.92 Å². The molecule has 0 bridgehead atoms. The summed E-state index contributed by atoms with van der Waals surface area (Å²) in [5, 5.41) is 0. The first-order valence-corrected chi connectivity index (χ1v) is 8.92. The molecule has 122 valence electrons. The highest BCUT2D eigenvalue weighted by molar-refractivity contribution is 7.99. The molecule has 1 atom stereocenters. The number of amides is 1. The number of hydrogen-bond acceptors (Lipinski definition) is 3. The van der Waals surface area contributed by atoms with Crippen LogP contribution in [0, 0.1) is 5.92 Å². The first kappa shape index (κ1) is 17.6. The summed E-state index contributed by atoms with van der Waals surface area (Å²) in [7, 11) is 0. The number of rotatable bonds is 4. The molecule has 0 radical (unpaired) electrons. The first-order valence-electron chi connectivity index (χ1n) is 7.93. The molecule has 2 fully saturated rings. The molecule has 0 spiro atoms. The van der Waals surface area contributed by atoms with Gasteiger partial charge in [-0.3, -0.25) is 4.79 Å². The summed E-state index contributed by atoms with van der Waals surface area (Å²) in [6.07, 6.45) is 5.05. The van der Waals surface area contributed by atoms with E-state index in [1.165, 1.54) is 4.90 Å². The lowest BCUT2D eigenvalue weighted by Gasteiger charge is -2.28. The van der Waals surface area contributed by atoms with Gasteiger partial charge in [0, 0.05) is 23.7 Å². The third-order valence-corrected chi connectivity index (χ3v) is 5.97. The van der Waals surface area contributed by atoms with Crippen LogP contribution >= 0.6 is 24.2 Å². The zero-order valence-electron chi connectivity index (χ0n) is 12.9. The minimum Gasteiger partial charge on any atom is -0.341 e. The number of hydrogen-bond donors (Lipinski definition) is 1. The Kier molecular flexibility index (Phi) is 6.18. The van der Waals surface area contributed by atoms with Gasteiger partial charge in [-0.25, -0.2) is 0 Å². The van der Waals surface area contributed by atoms with Crippen molar-refractivity contribution >= 4 is 30.1 Å². The van der Waals surface area contributed by atoms with Crippen molar-refractivity contribution < 1.29 is 4.79 Å². The lowest BCUT2D eigenvalue weighted by atomic mass is 9.97. The molecule has 1 aliphatic carbocycles. The highest BCUT2D eigenvalue weighted by atomic mass is 35.5. The largest absolute Gasteiger partial charge is 0.341 e. The average molecular weight is 341 g/mol. The zero-order chi connectivity index (χ0) is 14.7. The Morgan fingerprint density at radius 1 is 1.27 bits per heavy atom. The van der Waals surface area contributed by atoms with E-state index >= 15 is 0 Å². The Morgan fingerprint density at radius 2 is 1.95 bits per heavy atom. The second-order valence-electron chi connectivity index (χ2n) is 6.39. The Hall–Kier alpha value is -0.710. The Morgan fingerprint density at radius 3 is 2.64 bits per heavy atom. The quantitative estimate of drug-likeness (QED) is 0.855. The maximum absolute atomic E-state index is 12.6. The number of nitrogens with two attached hydrogens (primary N) is 1. The van der Waals surface area contributed by atoms with Crippen molar-refractivity contribution in [3.8, 4) is 0 Å². The van der Waals surface area contributed by atoms with Crippen LogP contribution in [0.25, 0.3) is 0 Å². The molecule has 3 rings (SSSR count). The molecule has 1 aromatic rings. The Balaban J connectivity index is 0.00000176. The molecule has 3 nitrogen and oxygen atoms in total. The van der Waals surface area contributed by atoms with Gasteiger partial charge in [0.05, 0.1) is 5.54 Å². The van der Waals surface area contributed by atoms with Gasteiger partial charge in [0.25, 0.3) is 0 Å². The van der Waals surface area contributed by atoms with Crippen LogP contribution in [-0.4, -0.2) is 35.2 Å². The van der Waals surface area contributed by atoms with Crippen molar-refractivity contribution in [3.05, 3.63) is 30.3 Å². The molecule has 1 saturated carbocycles. The fourth-order valence-electron chi connectivity index (χ4n) is 3.42. The van der Waals surface area contributed by atoms with Gasteiger partial charge in [-0.1, -0.05) is 31.0 Å². The van der Waals surface area contributed by atoms with Gasteiger partial charge in [0.1, 0.15) is 0 Å². The Bertz CT molecular complexity index is 491. The number of nitrogens with zero attached hydrogens (tertiary/aromatic N) is 1. The third kappa shape index (κ3) is 3.98. The van der Waals surface area contributed by atoms with E-state index in [-0.39, 0.29) is 18.3 Å². The molecule has 1 aliphatic heterocycles. The molecule has 2 aliphatic rings. The van der Waals surface area contributed by atoms with E-state index in [4.69, 9.17) is 5.73 Å². The number of carbonyl (C=O) groups is 1. The van der Waals surface area contributed by atoms with Crippen LogP contribution < -0.4 is 5.73 Å². The maximum atomic E-state index is 12.6. The zero-order valence-corrected chi connectivity index (χ0v) is 14.5. The molecule has 5 heteroatoms. The van der Waals surface area contributed by atoms with E-state index in [9.17, 15) is 4.79 Å². The van der Waals surface area contributed by atoms with Crippen LogP contribution in [0.5, 0.6) is 0 Å². The van der Waals surface area contributed by atoms with Crippen molar-refractivity contribution in [2.24, 2.45) is 11.7 Å². The van der Waals surface area contributed by atoms with Crippen LogP contribution in [0.1, 0.15) is 32.1 Å². The summed E-state index contributed by atoms with van der Waals surface area (Å²) in [4.78, 5) is 15.9. The number of likely N-dealkylation sites (tertiary alicyclic amines) is 1. The van der Waals surface area contributed by atoms with E-state index in [2.05, 4.69) is 24.3 Å². The first-order chi connectivity index (χ1) is 10.2. The van der Waals surface area contributed by atoms with Crippen molar-refractivity contribution in [2.45, 2.75) is 42.5 Å². The molecule has 1 saturated heterocycles. The van der Waals surface area contributed by atoms with Crippen molar-refractivity contribution in [3.63, 3.8) is 0 Å². The molecule has 1 amide bonds. The van der Waals surface area contributed by atoms with Crippen LogP contribution in [0.2, 0.25) is 0 Å². The minimum atomic E-state index is -0.554. The molecule has 0 aromatic heterocycles. The average Bonchev–Trinajstić information content (AvgIpc) is 3.15. The van der Waals surface area contributed by atoms with E-state index in [1.54, 1.807) is 0 Å². The lowest BCUT2D eigenvalue weighted by molar-refractivity contribution is -0.135. The molecule has 1 aromatic carbocycles. The number of benzene rings is 1. The number of thioether (sulfide) groups is 1. The van der Waals surface area contributed by atoms with Gasteiger partial charge in [-0.05, 0) is 37.3 Å². The summed E-state index contributed by atoms with van der Waals surface area (Å²) in [6, 6.07) is 10.5. The second-order valence-corrected chi connectivity index (χ2v) is 7.49. The van der Waals surface area contributed by atoms with E-state index in [0.717, 1.165) is 50.9 Å². The minimum absolute atomic E-state index is 0. The molecule has 1 heterocycles. The van der Waals surface area contributed by atoms with Gasteiger partial charge in [0.15, 0.2) is 0 Å². The van der Waals surface area contributed by atoms with Crippen LogP contribution in [0.4, 0.5) is 0 Å². The summed E-state index contributed by atoms with van der Waals surface area (Å²) < 4.78 is 0. The third-order valence-electron chi connectivity index (χ3n) is 4.72. The fraction of sp³-hybridized carbons (Fsp3) is 0.588. The predicted octanol–water partition coefficient (Wildman–Crippen LogP) is 3.32. The van der Waals surface area contributed by atoms with Gasteiger partial charge in [-0.15, -0.1) is 24.2 Å². The monoisotopic (exact) mass is 340 g/mol. The summed E-state index contributed by atoms with van der Waals surface area (Å²) in [6.45, 7) is 1.77. The lowest BCUT2D eigenvalue weighted by Crippen LogP contribution is -2.52. The van der Waals surface area contributed by atoms with Crippen molar-refractivity contribution in [1.29, 1.82) is 0 Å². The SMILES string of the molecule is Cl.NC1(C(=O)N2CCC(CSc3ccccc3)C2)CCCC1. The number of halogens is 1. The molecule has 1 unspecified atom stereocenters. The molecular weight excluding hydrogens is 316 g/mol. The predicted molar refractivity (Wildman–Crippen MR) is 94.5 cm³/mol. The summed E-state index contributed by atoms with van der Waals surface area (Å²) in [5.41, 5.74) is 5.74. The smallest absolute Gasteiger partial charge is 0.242 e. The van der Waals surface area contributed by atoms with Gasteiger partial charge < -0.3 is 10.6 Å². The second kappa shape index (κ2) is 7.71. The van der Waals surface area contributed by atoms with Crippen LogP contribution in [0.3, 0.4) is 0 Å². The molecular formula is C17H25ClN2OS. The van der Waals surface area contributed by atoms with Crippen LogP contribution in [-0.2, 0) is 4.79 Å². The molecule has 22 heavy (non-hydrogen) atoms. The summed E-state index contributed by atoms with van der Waals surface area (Å²) >= 11 is 1.89. The highest BCUT2D eigenvalue weighted by Crippen LogP contribution is 2.32. The van der Waals surface area contributed by atoms with Crippen LogP contribution in [0.15, 0.2) is 35.2 Å². The maximum Gasteiger partial charge on any atom is 0.242 e. The standard InChI is InChI=1S/C17H24N2OS.ClH/c18-17(9-4-5-10-17)16(20)19-11-8-14(12-19)13-21-15-6-2-1-3-7-15;/h1-3,6-7,14H,4-5,8-13,18H2;1H. The van der Waals surface area contributed by atoms with E-state index in [1.807, 2.05) is 22.7 Å². The Labute approximate surface area is 143 Å². The van der Waals surface area contributed by atoms with Crippen molar-refractivity contribution in [1.82, 2.24) is 4.90 Å². The van der Waals surface area contributed by atoms with E-state index < -0.39 is 5.54 Å². The van der Waals surface area contributed by atoms with Gasteiger partial charge in [0.2, 0.25) is 5.91 Å². The molecule has 2 N–H and O–H groups in total. The summed E-state index contributed by atoms with van der Waals surface area (Å²) in [5.74, 6) is 1.89. The highest BCUT2D eigenvalue weighted by Gasteiger charge is 2.41. The fourth-order valence-corrected chi connectivity index (χ4v) is 4.47. The number of carbonyl (C=O) groups excluding carboxylic acids is 1. The van der Waals surface area contributed by atoms with Crippen molar-refractivity contribution in [2.75, 3.05) is 18.8 Å². The normalized spacial score (nSPS) is 23.3. The topological polar surface area (TPSA) is 46.3 Å².